The Bertz CT molecular complexity index is 655. The zero-order chi connectivity index (χ0) is 16.8. The lowest BCUT2D eigenvalue weighted by atomic mass is 10.2. The molecule has 0 spiro atoms. The third kappa shape index (κ3) is 4.47. The number of rotatable bonds is 4. The number of amides is 3. The summed E-state index contributed by atoms with van der Waals surface area (Å²) in [5, 5.41) is 4.24. The van der Waals surface area contributed by atoms with Gasteiger partial charge >= 0.3 is 12.0 Å². The van der Waals surface area contributed by atoms with Crippen molar-refractivity contribution in [2.75, 3.05) is 13.8 Å². The van der Waals surface area contributed by atoms with Gasteiger partial charge in [-0.25, -0.2) is 9.59 Å². The molecular formula is C15H16N2O6. The van der Waals surface area contributed by atoms with Crippen molar-refractivity contribution in [3.8, 4) is 11.5 Å². The number of imide groups is 1. The first-order valence-corrected chi connectivity index (χ1v) is 6.80. The molecule has 0 bridgehead atoms. The highest BCUT2D eigenvalue weighted by Crippen LogP contribution is 2.32. The van der Waals surface area contributed by atoms with Crippen molar-refractivity contribution >= 4 is 24.0 Å². The normalized spacial score (nSPS) is 13.5. The van der Waals surface area contributed by atoms with Gasteiger partial charge in [-0.2, -0.15) is 0 Å². The van der Waals surface area contributed by atoms with Crippen LogP contribution < -0.4 is 20.1 Å². The molecule has 1 aliphatic heterocycles. The summed E-state index contributed by atoms with van der Waals surface area (Å²) in [6, 6.07) is 4.52. The number of urea groups is 1. The molecule has 0 saturated heterocycles. The van der Waals surface area contributed by atoms with Crippen molar-refractivity contribution in [3.05, 3.63) is 29.8 Å². The predicted molar refractivity (Wildman–Crippen MR) is 79.8 cm³/mol. The Labute approximate surface area is 132 Å². The fourth-order valence-corrected chi connectivity index (χ4v) is 1.72. The Balaban J connectivity index is 1.88. The van der Waals surface area contributed by atoms with Gasteiger partial charge in [0.25, 0.3) is 5.91 Å². The van der Waals surface area contributed by atoms with E-state index in [1.165, 1.54) is 26.1 Å². The van der Waals surface area contributed by atoms with E-state index in [1.807, 2.05) is 5.32 Å². The summed E-state index contributed by atoms with van der Waals surface area (Å²) in [5.74, 6) is -0.181. The maximum absolute atomic E-state index is 11.7. The number of hydrogen-bond acceptors (Lipinski definition) is 6. The quantitative estimate of drug-likeness (QED) is 0.629. The van der Waals surface area contributed by atoms with E-state index in [0.717, 1.165) is 0 Å². The molecule has 1 aromatic carbocycles. The third-order valence-electron chi connectivity index (χ3n) is 2.93. The van der Waals surface area contributed by atoms with Gasteiger partial charge < -0.3 is 19.5 Å². The molecule has 0 aromatic heterocycles. The second-order valence-corrected chi connectivity index (χ2v) is 4.59. The topological polar surface area (TPSA) is 103 Å². The minimum atomic E-state index is -1.10. The van der Waals surface area contributed by atoms with Crippen LogP contribution in [0.4, 0.5) is 4.79 Å². The van der Waals surface area contributed by atoms with E-state index in [0.29, 0.717) is 17.1 Å². The second-order valence-electron chi connectivity index (χ2n) is 4.59. The van der Waals surface area contributed by atoms with Crippen LogP contribution in [0.15, 0.2) is 24.3 Å². The molecule has 1 atom stereocenters. The fraction of sp³-hybridized carbons (Fsp3) is 0.267. The molecule has 2 rings (SSSR count). The Hall–Kier alpha value is -3.03. The molecular weight excluding hydrogens is 304 g/mol. The highest BCUT2D eigenvalue weighted by atomic mass is 16.7. The van der Waals surface area contributed by atoms with Crippen molar-refractivity contribution in [3.63, 3.8) is 0 Å². The number of ether oxygens (including phenoxy) is 3. The zero-order valence-corrected chi connectivity index (χ0v) is 12.6. The molecule has 1 heterocycles. The molecule has 0 unspecified atom stereocenters. The van der Waals surface area contributed by atoms with E-state index in [-0.39, 0.29) is 6.79 Å². The first kappa shape index (κ1) is 16.3. The van der Waals surface area contributed by atoms with Gasteiger partial charge in [0, 0.05) is 13.1 Å². The number of esters is 1. The van der Waals surface area contributed by atoms with Gasteiger partial charge in [0.05, 0.1) is 0 Å². The average molecular weight is 320 g/mol. The molecule has 3 amide bonds. The molecule has 0 saturated carbocycles. The summed E-state index contributed by atoms with van der Waals surface area (Å²) in [7, 11) is 1.37. The number of nitrogens with one attached hydrogen (secondary N) is 2. The Morgan fingerprint density at radius 2 is 2.00 bits per heavy atom. The minimum absolute atomic E-state index is 0.169. The van der Waals surface area contributed by atoms with Gasteiger partial charge in [-0.15, -0.1) is 0 Å². The first-order chi connectivity index (χ1) is 11.0. The third-order valence-corrected chi connectivity index (χ3v) is 2.93. The fourth-order valence-electron chi connectivity index (χ4n) is 1.72. The molecule has 0 fully saturated rings. The Kier molecular flexibility index (Phi) is 5.19. The lowest BCUT2D eigenvalue weighted by Gasteiger charge is -2.11. The van der Waals surface area contributed by atoms with Crippen LogP contribution in [0.1, 0.15) is 12.5 Å². The van der Waals surface area contributed by atoms with Gasteiger partial charge in [-0.1, -0.05) is 6.07 Å². The lowest BCUT2D eigenvalue weighted by Crippen LogP contribution is -2.43. The van der Waals surface area contributed by atoms with Crippen molar-refractivity contribution < 1.29 is 28.6 Å². The van der Waals surface area contributed by atoms with Gasteiger partial charge in [-0.05, 0) is 30.7 Å². The molecule has 0 aliphatic carbocycles. The van der Waals surface area contributed by atoms with Gasteiger partial charge in [-0.3, -0.25) is 10.1 Å². The molecule has 1 aliphatic rings. The zero-order valence-electron chi connectivity index (χ0n) is 12.6. The van der Waals surface area contributed by atoms with Crippen LogP contribution in [-0.2, 0) is 14.3 Å². The monoisotopic (exact) mass is 320 g/mol. The standard InChI is InChI=1S/C15H16N2O6/c1-9(14(19)17-15(20)16-2)23-13(18)6-4-10-3-5-11-12(7-10)22-8-21-11/h3-7,9H,8H2,1-2H3,(H2,16,17,19,20)/b6-4+/t9-/m0/s1. The summed E-state index contributed by atoms with van der Waals surface area (Å²) in [5.41, 5.74) is 0.716. The number of carbonyl (C=O) groups excluding carboxylic acids is 3. The summed E-state index contributed by atoms with van der Waals surface area (Å²) in [6.07, 6.45) is 1.61. The molecule has 8 nitrogen and oxygen atoms in total. The average Bonchev–Trinajstić information content (AvgIpc) is 3.00. The second kappa shape index (κ2) is 7.30. The van der Waals surface area contributed by atoms with Crippen LogP contribution >= 0.6 is 0 Å². The maximum atomic E-state index is 11.7. The van der Waals surface area contributed by atoms with E-state index in [9.17, 15) is 14.4 Å². The van der Waals surface area contributed by atoms with Gasteiger partial charge in [0.1, 0.15) is 0 Å². The van der Waals surface area contributed by atoms with Crippen molar-refractivity contribution in [2.24, 2.45) is 0 Å². The predicted octanol–water partition coefficient (Wildman–Crippen LogP) is 0.816. The van der Waals surface area contributed by atoms with Crippen molar-refractivity contribution in [1.29, 1.82) is 0 Å². The van der Waals surface area contributed by atoms with E-state index in [4.69, 9.17) is 14.2 Å². The number of benzene rings is 1. The van der Waals surface area contributed by atoms with Crippen LogP contribution in [0, 0.1) is 0 Å². The van der Waals surface area contributed by atoms with E-state index < -0.39 is 24.0 Å². The smallest absolute Gasteiger partial charge is 0.331 e. The summed E-state index contributed by atoms with van der Waals surface area (Å²) >= 11 is 0. The molecule has 0 radical (unpaired) electrons. The molecule has 122 valence electrons. The summed E-state index contributed by atoms with van der Waals surface area (Å²) < 4.78 is 15.3. The van der Waals surface area contributed by atoms with E-state index in [1.54, 1.807) is 18.2 Å². The highest BCUT2D eigenvalue weighted by molar-refractivity contribution is 5.97. The highest BCUT2D eigenvalue weighted by Gasteiger charge is 2.18. The summed E-state index contributed by atoms with van der Waals surface area (Å²) in [4.78, 5) is 34.2. The largest absolute Gasteiger partial charge is 0.454 e. The minimum Gasteiger partial charge on any atom is -0.454 e. The molecule has 2 N–H and O–H groups in total. The SMILES string of the molecule is CNC(=O)NC(=O)[C@H](C)OC(=O)/C=C/c1ccc2c(c1)OCO2. The Morgan fingerprint density at radius 1 is 1.26 bits per heavy atom. The first-order valence-electron chi connectivity index (χ1n) is 6.80. The lowest BCUT2D eigenvalue weighted by molar-refractivity contribution is -0.149. The van der Waals surface area contributed by atoms with Gasteiger partial charge in [0.15, 0.2) is 17.6 Å². The van der Waals surface area contributed by atoms with Crippen LogP contribution in [0.2, 0.25) is 0 Å². The maximum Gasteiger partial charge on any atom is 0.331 e. The number of fused-ring (bicyclic) bond motifs is 1. The number of carbonyl (C=O) groups is 3. The Morgan fingerprint density at radius 3 is 2.74 bits per heavy atom. The van der Waals surface area contributed by atoms with Crippen LogP contribution in [0.5, 0.6) is 11.5 Å². The van der Waals surface area contributed by atoms with Gasteiger partial charge in [0.2, 0.25) is 6.79 Å². The molecule has 8 heteroatoms. The van der Waals surface area contributed by atoms with E-state index in [2.05, 4.69) is 5.32 Å². The van der Waals surface area contributed by atoms with Crippen molar-refractivity contribution in [1.82, 2.24) is 10.6 Å². The molecule has 23 heavy (non-hydrogen) atoms. The number of hydrogen-bond donors (Lipinski definition) is 2. The van der Waals surface area contributed by atoms with E-state index >= 15 is 0 Å². The van der Waals surface area contributed by atoms with Crippen LogP contribution in [0.3, 0.4) is 0 Å². The van der Waals surface area contributed by atoms with Crippen LogP contribution in [0.25, 0.3) is 6.08 Å². The summed E-state index contributed by atoms with van der Waals surface area (Å²) in [6.45, 7) is 1.53. The van der Waals surface area contributed by atoms with Crippen LogP contribution in [-0.4, -0.2) is 37.9 Å². The molecule has 1 aromatic rings. The van der Waals surface area contributed by atoms with Crippen molar-refractivity contribution in [2.45, 2.75) is 13.0 Å².